The molecule has 2 amide bonds. The van der Waals surface area contributed by atoms with Gasteiger partial charge in [0.05, 0.1) is 22.6 Å². The standard InChI is InChI=1S/C37H46FN5O4/c1-23(2)31-11-12-32(41-40-31)25-7-9-28(10-8-25)47-33-20-29(30(38)19-26(33)22-43-21-24(3)18-35(43)44)36(45)39-27-13-16-42(17-14-27)34-6-5-15-37(34,4)46/h7-12,19-20,23-24,27,34,46H,5-6,13-18,21-22H2,1-4H3,(H,39,45). The van der Waals surface area contributed by atoms with Crippen LogP contribution in [0.5, 0.6) is 11.5 Å². The summed E-state index contributed by atoms with van der Waals surface area (Å²) in [4.78, 5) is 30.1. The Morgan fingerprint density at radius 2 is 1.85 bits per heavy atom. The molecule has 0 spiro atoms. The average Bonchev–Trinajstić information content (AvgIpc) is 3.57. The maximum Gasteiger partial charge on any atom is 0.254 e. The number of hydrogen-bond acceptors (Lipinski definition) is 7. The van der Waals surface area contributed by atoms with E-state index in [-0.39, 0.29) is 41.9 Å². The summed E-state index contributed by atoms with van der Waals surface area (Å²) in [7, 11) is 0. The molecule has 1 aliphatic carbocycles. The van der Waals surface area contributed by atoms with E-state index >= 15 is 4.39 Å². The van der Waals surface area contributed by atoms with Crippen LogP contribution in [0.25, 0.3) is 11.3 Å². The first-order valence-electron chi connectivity index (χ1n) is 17.0. The van der Waals surface area contributed by atoms with Gasteiger partial charge in [-0.05, 0) is 99.4 Å². The van der Waals surface area contributed by atoms with Crippen LogP contribution in [-0.2, 0) is 11.3 Å². The van der Waals surface area contributed by atoms with Crippen LogP contribution in [-0.4, -0.2) is 74.2 Å². The summed E-state index contributed by atoms with van der Waals surface area (Å²) in [6.07, 6.45) is 4.72. The largest absolute Gasteiger partial charge is 0.457 e. The summed E-state index contributed by atoms with van der Waals surface area (Å²) in [5.74, 6) is 0.226. The van der Waals surface area contributed by atoms with Gasteiger partial charge in [0.1, 0.15) is 17.3 Å². The van der Waals surface area contributed by atoms with Gasteiger partial charge in [0.2, 0.25) is 5.91 Å². The van der Waals surface area contributed by atoms with Crippen molar-refractivity contribution in [2.75, 3.05) is 19.6 Å². The number of likely N-dealkylation sites (tertiary alicyclic amines) is 2. The first kappa shape index (κ1) is 33.0. The van der Waals surface area contributed by atoms with Gasteiger partial charge in [0.25, 0.3) is 5.91 Å². The molecule has 3 atom stereocenters. The number of nitrogens with one attached hydrogen (secondary N) is 1. The Kier molecular flexibility index (Phi) is 9.62. The van der Waals surface area contributed by atoms with E-state index in [1.54, 1.807) is 17.0 Å². The van der Waals surface area contributed by atoms with E-state index in [0.717, 1.165) is 62.1 Å². The van der Waals surface area contributed by atoms with Gasteiger partial charge in [0, 0.05) is 55.8 Å². The lowest BCUT2D eigenvalue weighted by Gasteiger charge is -2.41. The van der Waals surface area contributed by atoms with E-state index in [4.69, 9.17) is 4.74 Å². The molecule has 0 bridgehead atoms. The van der Waals surface area contributed by atoms with Crippen LogP contribution in [0.4, 0.5) is 4.39 Å². The van der Waals surface area contributed by atoms with E-state index < -0.39 is 17.3 Å². The zero-order valence-corrected chi connectivity index (χ0v) is 27.8. The normalized spacial score (nSPS) is 23.9. The Morgan fingerprint density at radius 1 is 1.11 bits per heavy atom. The second kappa shape index (κ2) is 13.7. The summed E-state index contributed by atoms with van der Waals surface area (Å²) in [5, 5.41) is 22.5. The number of halogens is 1. The molecule has 1 aromatic heterocycles. The second-order valence-electron chi connectivity index (χ2n) is 14.2. The monoisotopic (exact) mass is 643 g/mol. The van der Waals surface area contributed by atoms with Crippen molar-refractivity contribution >= 4 is 11.8 Å². The van der Waals surface area contributed by atoms with Gasteiger partial charge in [-0.1, -0.05) is 20.8 Å². The molecule has 3 heterocycles. The number of rotatable bonds is 9. The molecule has 2 saturated heterocycles. The van der Waals surface area contributed by atoms with E-state index in [1.165, 1.54) is 12.1 Å². The second-order valence-corrected chi connectivity index (χ2v) is 14.2. The molecule has 250 valence electrons. The molecule has 2 aromatic carbocycles. The van der Waals surface area contributed by atoms with Crippen molar-refractivity contribution in [1.29, 1.82) is 0 Å². The number of carbonyl (C=O) groups is 2. The summed E-state index contributed by atoms with van der Waals surface area (Å²) in [6.45, 7) is 10.4. The fourth-order valence-corrected chi connectivity index (χ4v) is 7.27. The van der Waals surface area contributed by atoms with Gasteiger partial charge >= 0.3 is 0 Å². The minimum Gasteiger partial charge on any atom is -0.457 e. The lowest BCUT2D eigenvalue weighted by molar-refractivity contribution is -0.128. The first-order chi connectivity index (χ1) is 22.5. The van der Waals surface area contributed by atoms with Crippen molar-refractivity contribution in [3.8, 4) is 22.8 Å². The van der Waals surface area contributed by atoms with Crippen LogP contribution in [0.3, 0.4) is 0 Å². The van der Waals surface area contributed by atoms with Gasteiger partial charge in [-0.25, -0.2) is 4.39 Å². The van der Waals surface area contributed by atoms with Crippen LogP contribution in [0.1, 0.15) is 93.8 Å². The molecule has 0 radical (unpaired) electrons. The maximum absolute atomic E-state index is 15.6. The molecule has 3 aromatic rings. The zero-order chi connectivity index (χ0) is 33.3. The van der Waals surface area contributed by atoms with Crippen LogP contribution in [0, 0.1) is 11.7 Å². The molecule has 1 saturated carbocycles. The Balaban J connectivity index is 1.19. The third kappa shape index (κ3) is 7.49. The lowest BCUT2D eigenvalue weighted by atomic mass is 9.95. The molecule has 47 heavy (non-hydrogen) atoms. The topological polar surface area (TPSA) is 108 Å². The van der Waals surface area contributed by atoms with Crippen LogP contribution >= 0.6 is 0 Å². The number of aliphatic hydroxyl groups is 1. The predicted octanol–water partition coefficient (Wildman–Crippen LogP) is 6.06. The molecule has 3 aliphatic rings. The number of aromatic nitrogens is 2. The van der Waals surface area contributed by atoms with Gasteiger partial charge < -0.3 is 20.1 Å². The van der Waals surface area contributed by atoms with E-state index in [9.17, 15) is 14.7 Å². The van der Waals surface area contributed by atoms with Crippen molar-refractivity contribution in [2.24, 2.45) is 5.92 Å². The minimum absolute atomic E-state index is 0.0186. The van der Waals surface area contributed by atoms with Crippen molar-refractivity contribution < 1.29 is 23.8 Å². The van der Waals surface area contributed by atoms with Gasteiger partial charge in [0.15, 0.2) is 0 Å². The lowest BCUT2D eigenvalue weighted by Crippen LogP contribution is -2.53. The zero-order valence-electron chi connectivity index (χ0n) is 27.8. The Bertz CT molecular complexity index is 1590. The van der Waals surface area contributed by atoms with Crippen molar-refractivity contribution in [2.45, 2.75) is 96.4 Å². The van der Waals surface area contributed by atoms with E-state index in [1.807, 2.05) is 38.1 Å². The summed E-state index contributed by atoms with van der Waals surface area (Å²) in [6, 6.07) is 14.1. The van der Waals surface area contributed by atoms with Gasteiger partial charge in [-0.2, -0.15) is 10.2 Å². The fraction of sp³-hybridized carbons (Fsp3) is 0.514. The number of benzene rings is 2. The Morgan fingerprint density at radius 3 is 2.45 bits per heavy atom. The number of nitrogens with zero attached hydrogens (tertiary/aromatic N) is 4. The number of piperidine rings is 1. The number of hydrogen-bond donors (Lipinski definition) is 2. The number of carbonyl (C=O) groups excluding carboxylic acids is 2. The quantitative estimate of drug-likeness (QED) is 0.292. The first-order valence-corrected chi connectivity index (χ1v) is 17.0. The SMILES string of the molecule is CC1CC(=O)N(Cc2cc(F)c(C(=O)NC3CCN(C4CCCC4(C)O)CC3)cc2Oc2ccc(-c3ccc(C(C)C)nn3)cc2)C1. The molecule has 3 fully saturated rings. The maximum atomic E-state index is 15.6. The highest BCUT2D eigenvalue weighted by Gasteiger charge is 2.41. The summed E-state index contributed by atoms with van der Waals surface area (Å²) >= 11 is 0. The third-order valence-corrected chi connectivity index (χ3v) is 10.0. The summed E-state index contributed by atoms with van der Waals surface area (Å²) < 4.78 is 21.9. The Hall–Kier alpha value is -3.89. The molecular weight excluding hydrogens is 597 g/mol. The molecule has 3 unspecified atom stereocenters. The highest BCUT2D eigenvalue weighted by Crippen LogP contribution is 2.35. The molecule has 10 heteroatoms. The highest BCUT2D eigenvalue weighted by atomic mass is 19.1. The average molecular weight is 644 g/mol. The fourth-order valence-electron chi connectivity index (χ4n) is 7.27. The molecular formula is C37H46FN5O4. The molecule has 2 N–H and O–H groups in total. The van der Waals surface area contributed by atoms with Crippen LogP contribution in [0.15, 0.2) is 48.5 Å². The third-order valence-electron chi connectivity index (χ3n) is 10.0. The number of amides is 2. The molecule has 6 rings (SSSR count). The summed E-state index contributed by atoms with van der Waals surface area (Å²) in [5.41, 5.74) is 2.26. The van der Waals surface area contributed by atoms with E-state index in [0.29, 0.717) is 30.0 Å². The minimum atomic E-state index is -0.678. The smallest absolute Gasteiger partial charge is 0.254 e. The Labute approximate surface area is 276 Å². The predicted molar refractivity (Wildman–Crippen MR) is 178 cm³/mol. The van der Waals surface area contributed by atoms with Gasteiger partial charge in [-0.3, -0.25) is 14.5 Å². The van der Waals surface area contributed by atoms with E-state index in [2.05, 4.69) is 34.3 Å². The van der Waals surface area contributed by atoms with Crippen molar-refractivity contribution in [1.82, 2.24) is 25.3 Å². The van der Waals surface area contributed by atoms with Crippen LogP contribution < -0.4 is 10.1 Å². The van der Waals surface area contributed by atoms with Crippen molar-refractivity contribution in [3.05, 3.63) is 71.2 Å². The molecule has 2 aliphatic heterocycles. The van der Waals surface area contributed by atoms with Gasteiger partial charge in [-0.15, -0.1) is 0 Å². The van der Waals surface area contributed by atoms with Crippen molar-refractivity contribution in [3.63, 3.8) is 0 Å². The molecule has 9 nitrogen and oxygen atoms in total. The van der Waals surface area contributed by atoms with Crippen LogP contribution in [0.2, 0.25) is 0 Å². The number of ether oxygens (including phenoxy) is 1. The highest BCUT2D eigenvalue weighted by molar-refractivity contribution is 5.95.